The molecular weight excluding hydrogens is 416 g/mol. The number of rotatable bonds is 6. The minimum atomic E-state index is -3.76. The molecule has 0 atom stereocenters. The molecule has 2 aromatic carbocycles. The van der Waals surface area contributed by atoms with Crippen LogP contribution in [0.5, 0.6) is 0 Å². The predicted octanol–water partition coefficient (Wildman–Crippen LogP) is 3.36. The molecule has 0 spiro atoms. The molecule has 0 saturated heterocycles. The lowest BCUT2D eigenvalue weighted by Crippen LogP contribution is -2.39. The van der Waals surface area contributed by atoms with Crippen molar-refractivity contribution in [1.82, 2.24) is 5.43 Å². The molecule has 6 nitrogen and oxygen atoms in total. The molecule has 0 bridgehead atoms. The van der Waals surface area contributed by atoms with E-state index in [-0.39, 0.29) is 16.3 Å². The minimum absolute atomic E-state index is 0.00474. The quantitative estimate of drug-likeness (QED) is 0.562. The van der Waals surface area contributed by atoms with E-state index in [1.54, 1.807) is 19.1 Å². The van der Waals surface area contributed by atoms with Gasteiger partial charge in [-0.05, 0) is 36.8 Å². The summed E-state index contributed by atoms with van der Waals surface area (Å²) in [4.78, 5) is 12.1. The molecular formula is C17H16Cl2FN3O3S. The number of nitrogens with zero attached hydrogens (tertiary/aromatic N) is 2. The molecule has 27 heavy (non-hydrogen) atoms. The van der Waals surface area contributed by atoms with Crippen LogP contribution in [0.15, 0.2) is 41.5 Å². The fourth-order valence-corrected chi connectivity index (χ4v) is 3.48. The van der Waals surface area contributed by atoms with Crippen LogP contribution in [0, 0.1) is 12.7 Å². The number of hydrogen-bond acceptors (Lipinski definition) is 4. The number of carbonyl (C=O) groups is 1. The Kier molecular flexibility index (Phi) is 6.80. The maximum absolute atomic E-state index is 13.7. The van der Waals surface area contributed by atoms with Crippen molar-refractivity contribution >= 4 is 51.0 Å². The van der Waals surface area contributed by atoms with Gasteiger partial charge in [-0.25, -0.2) is 18.2 Å². The Morgan fingerprint density at radius 1 is 1.30 bits per heavy atom. The number of benzene rings is 2. The molecule has 0 aliphatic carbocycles. The molecule has 0 heterocycles. The van der Waals surface area contributed by atoms with Crippen molar-refractivity contribution in [3.05, 3.63) is 63.4 Å². The molecule has 0 aromatic heterocycles. The first-order valence-electron chi connectivity index (χ1n) is 7.59. The molecule has 144 valence electrons. The molecule has 0 aliphatic heterocycles. The molecule has 0 saturated carbocycles. The van der Waals surface area contributed by atoms with E-state index >= 15 is 0 Å². The van der Waals surface area contributed by atoms with Gasteiger partial charge >= 0.3 is 0 Å². The third-order valence-corrected chi connectivity index (χ3v) is 5.20. The first-order valence-corrected chi connectivity index (χ1v) is 10.2. The molecule has 0 aliphatic rings. The van der Waals surface area contributed by atoms with Crippen LogP contribution in [0.2, 0.25) is 10.0 Å². The Labute approximate surface area is 166 Å². The highest BCUT2D eigenvalue weighted by Crippen LogP contribution is 2.26. The largest absolute Gasteiger partial charge is 0.271 e. The van der Waals surface area contributed by atoms with Crippen molar-refractivity contribution in [1.29, 1.82) is 0 Å². The highest BCUT2D eigenvalue weighted by Gasteiger charge is 2.22. The van der Waals surface area contributed by atoms with Gasteiger partial charge < -0.3 is 0 Å². The normalized spacial score (nSPS) is 11.6. The number of hydrazone groups is 1. The first kappa shape index (κ1) is 21.1. The van der Waals surface area contributed by atoms with Gasteiger partial charge in [0.15, 0.2) is 0 Å². The van der Waals surface area contributed by atoms with Crippen LogP contribution in [0.1, 0.15) is 11.1 Å². The monoisotopic (exact) mass is 431 g/mol. The summed E-state index contributed by atoms with van der Waals surface area (Å²) in [6.07, 6.45) is 2.02. The molecule has 1 N–H and O–H groups in total. The summed E-state index contributed by atoms with van der Waals surface area (Å²) < 4.78 is 38.8. The van der Waals surface area contributed by atoms with Gasteiger partial charge in [0.1, 0.15) is 12.4 Å². The molecule has 1 amide bonds. The van der Waals surface area contributed by atoms with Crippen LogP contribution in [0.25, 0.3) is 0 Å². The molecule has 10 heteroatoms. The van der Waals surface area contributed by atoms with E-state index in [1.165, 1.54) is 24.3 Å². The van der Waals surface area contributed by atoms with Gasteiger partial charge in [0.25, 0.3) is 5.91 Å². The van der Waals surface area contributed by atoms with Crippen LogP contribution in [-0.4, -0.2) is 33.3 Å². The number of nitrogens with one attached hydrogen (secondary N) is 1. The Bertz CT molecular complexity index is 977. The second-order valence-electron chi connectivity index (χ2n) is 5.63. The summed E-state index contributed by atoms with van der Waals surface area (Å²) in [5.74, 6) is -1.32. The Morgan fingerprint density at radius 2 is 2.00 bits per heavy atom. The minimum Gasteiger partial charge on any atom is -0.271 e. The summed E-state index contributed by atoms with van der Waals surface area (Å²) in [5.41, 5.74) is 3.07. The Morgan fingerprint density at radius 3 is 2.63 bits per heavy atom. The zero-order valence-corrected chi connectivity index (χ0v) is 16.7. The summed E-state index contributed by atoms with van der Waals surface area (Å²) in [6, 6.07) is 8.82. The van der Waals surface area contributed by atoms with E-state index in [1.807, 2.05) is 0 Å². The second kappa shape index (κ2) is 8.69. The third kappa shape index (κ3) is 5.66. The van der Waals surface area contributed by atoms with Crippen LogP contribution in [0.3, 0.4) is 0 Å². The standard InChI is InChI=1S/C17H16Cl2FN3O3S/c1-11-6-7-12(18)8-16(11)23(27(2,25)26)10-17(24)22-21-9-13-14(19)4-3-5-15(13)20/h3-9H,10H2,1-2H3,(H,22,24). The third-order valence-electron chi connectivity index (χ3n) is 3.51. The van der Waals surface area contributed by atoms with Gasteiger partial charge in [-0.1, -0.05) is 35.3 Å². The number of amides is 1. The van der Waals surface area contributed by atoms with Gasteiger partial charge in [0, 0.05) is 10.6 Å². The number of carbonyl (C=O) groups excluding carboxylic acids is 1. The van der Waals surface area contributed by atoms with E-state index < -0.39 is 28.3 Å². The van der Waals surface area contributed by atoms with Crippen LogP contribution < -0.4 is 9.73 Å². The highest BCUT2D eigenvalue weighted by molar-refractivity contribution is 7.92. The number of hydrogen-bond donors (Lipinski definition) is 1. The highest BCUT2D eigenvalue weighted by atomic mass is 35.5. The van der Waals surface area contributed by atoms with Gasteiger partial charge in [0.05, 0.1) is 23.2 Å². The average molecular weight is 432 g/mol. The van der Waals surface area contributed by atoms with E-state index in [9.17, 15) is 17.6 Å². The zero-order valence-electron chi connectivity index (χ0n) is 14.4. The van der Waals surface area contributed by atoms with Crippen molar-refractivity contribution in [3.63, 3.8) is 0 Å². The lowest BCUT2D eigenvalue weighted by Gasteiger charge is -2.23. The number of halogens is 3. The molecule has 0 unspecified atom stereocenters. The summed E-state index contributed by atoms with van der Waals surface area (Å²) >= 11 is 11.8. The van der Waals surface area contributed by atoms with Gasteiger partial charge in [-0.3, -0.25) is 9.10 Å². The fourth-order valence-electron chi connectivity index (χ4n) is 2.20. The van der Waals surface area contributed by atoms with Gasteiger partial charge in [-0.15, -0.1) is 0 Å². The van der Waals surface area contributed by atoms with Gasteiger partial charge in [-0.2, -0.15) is 5.10 Å². The van der Waals surface area contributed by atoms with E-state index in [0.717, 1.165) is 16.8 Å². The van der Waals surface area contributed by atoms with Crippen LogP contribution >= 0.6 is 23.2 Å². The number of sulfonamides is 1. The second-order valence-corrected chi connectivity index (χ2v) is 8.38. The molecule has 0 radical (unpaired) electrons. The Balaban J connectivity index is 2.18. The topological polar surface area (TPSA) is 78.8 Å². The fraction of sp³-hybridized carbons (Fsp3) is 0.176. The maximum Gasteiger partial charge on any atom is 0.260 e. The lowest BCUT2D eigenvalue weighted by molar-refractivity contribution is -0.119. The number of aryl methyl sites for hydroxylation is 1. The summed E-state index contributed by atoms with van der Waals surface area (Å²) in [6.45, 7) is 1.17. The number of anilines is 1. The average Bonchev–Trinajstić information content (AvgIpc) is 2.57. The Hall–Kier alpha value is -2.16. The van der Waals surface area contributed by atoms with Crippen molar-refractivity contribution in [3.8, 4) is 0 Å². The smallest absolute Gasteiger partial charge is 0.260 e. The van der Waals surface area contributed by atoms with E-state index in [4.69, 9.17) is 23.2 Å². The van der Waals surface area contributed by atoms with E-state index in [2.05, 4.69) is 10.5 Å². The zero-order chi connectivity index (χ0) is 20.2. The lowest BCUT2D eigenvalue weighted by atomic mass is 10.2. The van der Waals surface area contributed by atoms with Crippen molar-refractivity contribution in [2.45, 2.75) is 6.92 Å². The molecule has 2 rings (SSSR count). The predicted molar refractivity (Wildman–Crippen MR) is 106 cm³/mol. The van der Waals surface area contributed by atoms with Crippen molar-refractivity contribution in [2.75, 3.05) is 17.1 Å². The molecule has 0 fully saturated rings. The molecule has 2 aromatic rings. The first-order chi connectivity index (χ1) is 12.6. The summed E-state index contributed by atoms with van der Waals surface area (Å²) in [7, 11) is -3.76. The maximum atomic E-state index is 13.7. The summed E-state index contributed by atoms with van der Waals surface area (Å²) in [5, 5.41) is 4.09. The van der Waals surface area contributed by atoms with Crippen LogP contribution in [0.4, 0.5) is 10.1 Å². The van der Waals surface area contributed by atoms with Crippen LogP contribution in [-0.2, 0) is 14.8 Å². The van der Waals surface area contributed by atoms with Gasteiger partial charge in [0.2, 0.25) is 10.0 Å². The van der Waals surface area contributed by atoms with Crippen molar-refractivity contribution in [2.24, 2.45) is 5.10 Å². The van der Waals surface area contributed by atoms with E-state index in [0.29, 0.717) is 10.6 Å². The van der Waals surface area contributed by atoms with Crippen molar-refractivity contribution < 1.29 is 17.6 Å². The SMILES string of the molecule is Cc1ccc(Cl)cc1N(CC(=O)NN=Cc1c(F)cccc1Cl)S(C)(=O)=O.